The molecule has 222 valence electrons. The van der Waals surface area contributed by atoms with E-state index >= 15 is 0 Å². The van der Waals surface area contributed by atoms with Crippen molar-refractivity contribution in [3.8, 4) is 22.9 Å². The Morgan fingerprint density at radius 3 is 2.45 bits per heavy atom. The van der Waals surface area contributed by atoms with Gasteiger partial charge in [-0.15, -0.1) is 0 Å². The average Bonchev–Trinajstić information content (AvgIpc) is 3.33. The summed E-state index contributed by atoms with van der Waals surface area (Å²) in [6.45, 7) is 5.73. The highest BCUT2D eigenvalue weighted by Crippen LogP contribution is 2.31. The monoisotopic (exact) mass is 611 g/mol. The number of nitrogens with zero attached hydrogens (tertiary/aromatic N) is 6. The van der Waals surface area contributed by atoms with Gasteiger partial charge in [0.1, 0.15) is 0 Å². The van der Waals surface area contributed by atoms with Gasteiger partial charge >= 0.3 is 0 Å². The van der Waals surface area contributed by atoms with Gasteiger partial charge in [-0.25, -0.2) is 15.0 Å². The molecule has 12 heteroatoms. The number of hydrogen-bond donors (Lipinski definition) is 2. The molecule has 3 aliphatic rings. The average molecular weight is 613 g/mol. The van der Waals surface area contributed by atoms with Gasteiger partial charge in [-0.05, 0) is 68.1 Å². The number of ether oxygens (including phenoxy) is 1. The van der Waals surface area contributed by atoms with Gasteiger partial charge in [0.15, 0.2) is 5.75 Å². The first-order valence-electron chi connectivity index (χ1n) is 14.4. The number of halogens is 2. The van der Waals surface area contributed by atoms with E-state index in [1.165, 1.54) is 0 Å². The van der Waals surface area contributed by atoms with Gasteiger partial charge in [-0.2, -0.15) is 0 Å². The maximum Gasteiger partial charge on any atom is 0.225 e. The van der Waals surface area contributed by atoms with Crippen molar-refractivity contribution in [2.24, 2.45) is 11.7 Å². The molecule has 3 N–H and O–H groups in total. The highest BCUT2D eigenvalue weighted by atomic mass is 35.5. The Morgan fingerprint density at radius 1 is 1.00 bits per heavy atom. The van der Waals surface area contributed by atoms with Crippen molar-refractivity contribution in [2.45, 2.75) is 44.4 Å². The van der Waals surface area contributed by atoms with Crippen LogP contribution in [0.2, 0.25) is 10.0 Å². The standard InChI is InChI=1S/C30H35Cl2N7O3/c31-22-10-21(11-23(32)12-22)27-7-20(16-37-3-1-19(2-4-37)8-28(33)41)9-29(36-27)42-26-14-34-30(35-15-26)39-6-5-38-18-25(40)13-24(38)17-39/h7,9-12,14-15,19,24-25,40H,1-6,8,13,16-18H2,(H2,33,41)/t24-,25+/m1/s1. The van der Waals surface area contributed by atoms with Crippen LogP contribution in [-0.4, -0.2) is 87.2 Å². The number of rotatable bonds is 8. The van der Waals surface area contributed by atoms with E-state index in [0.29, 0.717) is 58.2 Å². The van der Waals surface area contributed by atoms with Crippen LogP contribution in [0.3, 0.4) is 0 Å². The number of fused-ring (bicyclic) bond motifs is 1. The van der Waals surface area contributed by atoms with E-state index in [2.05, 4.69) is 24.7 Å². The number of piperazine rings is 1. The minimum atomic E-state index is -0.253. The molecule has 3 fully saturated rings. The molecule has 0 spiro atoms. The first-order valence-corrected chi connectivity index (χ1v) is 15.2. The molecule has 6 rings (SSSR count). The number of nitrogens with two attached hydrogens (primary N) is 1. The topological polar surface area (TPSA) is 121 Å². The Kier molecular flexibility index (Phi) is 8.78. The maximum absolute atomic E-state index is 11.3. The number of likely N-dealkylation sites (tertiary alicyclic amines) is 1. The van der Waals surface area contributed by atoms with Gasteiger partial charge in [-0.3, -0.25) is 14.6 Å². The first-order chi connectivity index (χ1) is 20.3. The van der Waals surface area contributed by atoms with Gasteiger partial charge < -0.3 is 20.5 Å². The van der Waals surface area contributed by atoms with Crippen LogP contribution >= 0.6 is 23.2 Å². The second-order valence-corrected chi connectivity index (χ2v) is 12.4. The Balaban J connectivity index is 1.19. The highest BCUT2D eigenvalue weighted by molar-refractivity contribution is 6.35. The number of pyridine rings is 1. The molecular formula is C30H35Cl2N7O3. The molecule has 0 aliphatic carbocycles. The Morgan fingerprint density at radius 2 is 1.74 bits per heavy atom. The van der Waals surface area contributed by atoms with Crippen molar-refractivity contribution in [3.05, 3.63) is 58.3 Å². The second-order valence-electron chi connectivity index (χ2n) is 11.6. The van der Waals surface area contributed by atoms with Crippen molar-refractivity contribution < 1.29 is 14.6 Å². The Bertz CT molecular complexity index is 1400. The Labute approximate surface area is 255 Å². The van der Waals surface area contributed by atoms with Gasteiger partial charge in [0.2, 0.25) is 17.7 Å². The summed E-state index contributed by atoms with van der Waals surface area (Å²) in [4.78, 5) is 32.2. The third-order valence-corrected chi connectivity index (χ3v) is 8.77. The van der Waals surface area contributed by atoms with E-state index in [1.54, 1.807) is 18.5 Å². The number of anilines is 1. The predicted octanol–water partition coefficient (Wildman–Crippen LogP) is 3.98. The van der Waals surface area contributed by atoms with E-state index in [0.717, 1.165) is 69.7 Å². The molecule has 3 aromatic rings. The van der Waals surface area contributed by atoms with Crippen LogP contribution < -0.4 is 15.4 Å². The number of benzene rings is 1. The number of aliphatic hydroxyl groups is 1. The lowest BCUT2D eigenvalue weighted by molar-refractivity contribution is -0.119. The molecule has 10 nitrogen and oxygen atoms in total. The third kappa shape index (κ3) is 7.12. The van der Waals surface area contributed by atoms with Crippen LogP contribution in [0.15, 0.2) is 42.7 Å². The third-order valence-electron chi connectivity index (χ3n) is 8.34. The summed E-state index contributed by atoms with van der Waals surface area (Å²) >= 11 is 12.6. The molecule has 3 aliphatic heterocycles. The van der Waals surface area contributed by atoms with Crippen LogP contribution in [0.25, 0.3) is 11.3 Å². The van der Waals surface area contributed by atoms with E-state index in [4.69, 9.17) is 38.7 Å². The number of carbonyl (C=O) groups excluding carboxylic acids is 1. The van der Waals surface area contributed by atoms with Crippen molar-refractivity contribution >= 4 is 35.1 Å². The lowest BCUT2D eigenvalue weighted by Gasteiger charge is -2.37. The zero-order chi connectivity index (χ0) is 29.2. The quantitative estimate of drug-likeness (QED) is 0.389. The van der Waals surface area contributed by atoms with Crippen molar-refractivity contribution in [2.75, 3.05) is 44.2 Å². The second kappa shape index (κ2) is 12.7. The zero-order valence-electron chi connectivity index (χ0n) is 23.3. The molecule has 2 aromatic heterocycles. The highest BCUT2D eigenvalue weighted by Gasteiger charge is 2.36. The van der Waals surface area contributed by atoms with Crippen LogP contribution in [0.5, 0.6) is 11.6 Å². The lowest BCUT2D eigenvalue weighted by atomic mass is 9.93. The molecule has 3 saturated heterocycles. The molecule has 5 heterocycles. The normalized spacial score (nSPS) is 21.8. The maximum atomic E-state index is 11.3. The van der Waals surface area contributed by atoms with Crippen LogP contribution in [0.1, 0.15) is 31.2 Å². The molecule has 0 saturated carbocycles. The molecule has 0 radical (unpaired) electrons. The minimum Gasteiger partial charge on any atom is -0.436 e. The summed E-state index contributed by atoms with van der Waals surface area (Å²) in [5.74, 6) is 1.67. The lowest BCUT2D eigenvalue weighted by Crippen LogP contribution is -2.50. The summed E-state index contributed by atoms with van der Waals surface area (Å²) in [5, 5.41) is 11.1. The van der Waals surface area contributed by atoms with Crippen molar-refractivity contribution in [3.63, 3.8) is 0 Å². The van der Waals surface area contributed by atoms with Gasteiger partial charge in [0.05, 0.1) is 24.2 Å². The van der Waals surface area contributed by atoms with Crippen LogP contribution in [-0.2, 0) is 11.3 Å². The van der Waals surface area contributed by atoms with E-state index in [9.17, 15) is 9.90 Å². The SMILES string of the molecule is NC(=O)CC1CCN(Cc2cc(Oc3cnc(N4CCN5C[C@@H](O)C[C@@H]5C4)nc3)nc(-c3cc(Cl)cc(Cl)c3)c2)CC1. The minimum absolute atomic E-state index is 0.234. The summed E-state index contributed by atoms with van der Waals surface area (Å²) in [6.07, 6.45) is 6.20. The van der Waals surface area contributed by atoms with Crippen LogP contribution in [0.4, 0.5) is 5.95 Å². The fourth-order valence-corrected chi connectivity index (χ4v) is 6.81. The van der Waals surface area contributed by atoms with Crippen LogP contribution in [0, 0.1) is 5.92 Å². The van der Waals surface area contributed by atoms with E-state index in [-0.39, 0.29) is 12.0 Å². The first kappa shape index (κ1) is 29.1. The van der Waals surface area contributed by atoms with E-state index < -0.39 is 0 Å². The summed E-state index contributed by atoms with van der Waals surface area (Å²) in [5.41, 5.74) is 7.94. The molecular weight excluding hydrogens is 577 g/mol. The Hall–Kier alpha value is -3.02. The summed E-state index contributed by atoms with van der Waals surface area (Å²) in [7, 11) is 0. The molecule has 1 aromatic carbocycles. The molecule has 0 unspecified atom stereocenters. The predicted molar refractivity (Wildman–Crippen MR) is 162 cm³/mol. The number of primary amides is 1. The number of hydrogen-bond acceptors (Lipinski definition) is 9. The number of amides is 1. The zero-order valence-corrected chi connectivity index (χ0v) is 24.8. The number of piperidine rings is 1. The van der Waals surface area contributed by atoms with Gasteiger partial charge in [0.25, 0.3) is 0 Å². The molecule has 1 amide bonds. The molecule has 42 heavy (non-hydrogen) atoms. The van der Waals surface area contributed by atoms with Gasteiger partial charge in [-0.1, -0.05) is 23.2 Å². The fraction of sp³-hybridized carbons (Fsp3) is 0.467. The molecule has 0 bridgehead atoms. The number of aromatic nitrogens is 3. The number of aliphatic hydroxyl groups excluding tert-OH is 1. The smallest absolute Gasteiger partial charge is 0.225 e. The summed E-state index contributed by atoms with van der Waals surface area (Å²) in [6, 6.07) is 9.65. The number of carbonyl (C=O) groups is 1. The van der Waals surface area contributed by atoms with Crippen molar-refractivity contribution in [1.29, 1.82) is 0 Å². The molecule has 2 atom stereocenters. The fourth-order valence-electron chi connectivity index (χ4n) is 6.29. The largest absolute Gasteiger partial charge is 0.436 e. The van der Waals surface area contributed by atoms with Gasteiger partial charge in [0, 0.05) is 66.9 Å². The van der Waals surface area contributed by atoms with E-state index in [1.807, 2.05) is 24.3 Å². The summed E-state index contributed by atoms with van der Waals surface area (Å²) < 4.78 is 6.19. The van der Waals surface area contributed by atoms with Crippen molar-refractivity contribution in [1.82, 2.24) is 24.8 Å².